The highest BCUT2D eigenvalue weighted by atomic mass is 35.5. The quantitative estimate of drug-likeness (QED) is 0.439. The van der Waals surface area contributed by atoms with Crippen LogP contribution in [0.2, 0.25) is 5.02 Å². The number of amidine groups is 1. The van der Waals surface area contributed by atoms with Crippen LogP contribution in [-0.2, 0) is 9.59 Å². The van der Waals surface area contributed by atoms with Crippen molar-refractivity contribution in [1.29, 1.82) is 0 Å². The molecule has 0 saturated heterocycles. The number of nitrogens with zero attached hydrogens (tertiary/aromatic N) is 3. The summed E-state index contributed by atoms with van der Waals surface area (Å²) in [4.78, 5) is 29.5. The molecule has 3 aromatic rings. The summed E-state index contributed by atoms with van der Waals surface area (Å²) in [5.74, 6) is -0.394. The van der Waals surface area contributed by atoms with Crippen molar-refractivity contribution in [3.63, 3.8) is 0 Å². The van der Waals surface area contributed by atoms with Gasteiger partial charge in [-0.2, -0.15) is 10.1 Å². The lowest BCUT2D eigenvalue weighted by Gasteiger charge is -2.23. The van der Waals surface area contributed by atoms with Gasteiger partial charge in [-0.25, -0.2) is 9.40 Å². The molecule has 0 saturated carbocycles. The molecule has 0 aromatic heterocycles. The summed E-state index contributed by atoms with van der Waals surface area (Å²) in [5, 5.41) is 9.30. The molecule has 0 bridgehead atoms. The molecule has 7 nitrogen and oxygen atoms in total. The van der Waals surface area contributed by atoms with Gasteiger partial charge in [0, 0.05) is 29.1 Å². The van der Waals surface area contributed by atoms with E-state index in [2.05, 4.69) is 10.3 Å². The summed E-state index contributed by atoms with van der Waals surface area (Å²) in [6.45, 7) is 0. The van der Waals surface area contributed by atoms with Gasteiger partial charge in [0.05, 0.1) is 18.9 Å². The van der Waals surface area contributed by atoms with Crippen molar-refractivity contribution in [2.75, 3.05) is 12.4 Å². The van der Waals surface area contributed by atoms with Crippen molar-refractivity contribution in [3.8, 4) is 5.75 Å². The van der Waals surface area contributed by atoms with E-state index in [0.717, 1.165) is 23.0 Å². The first-order valence-corrected chi connectivity index (χ1v) is 12.8. The van der Waals surface area contributed by atoms with E-state index in [1.54, 1.807) is 54.6 Å². The van der Waals surface area contributed by atoms with Crippen molar-refractivity contribution in [2.24, 2.45) is 10.1 Å². The molecular formula is C27H22ClFN4O3S. The molecular weight excluding hydrogens is 515 g/mol. The normalized spacial score (nSPS) is 19.0. The van der Waals surface area contributed by atoms with Crippen LogP contribution in [0.3, 0.4) is 0 Å². The second-order valence-electron chi connectivity index (χ2n) is 8.46. The molecule has 0 unspecified atom stereocenters. The topological polar surface area (TPSA) is 83.4 Å². The summed E-state index contributed by atoms with van der Waals surface area (Å²) in [6.07, 6.45) is 0.356. The zero-order chi connectivity index (χ0) is 25.9. The zero-order valence-corrected chi connectivity index (χ0v) is 21.3. The Labute approximate surface area is 222 Å². The smallest absolute Gasteiger partial charge is 0.262 e. The molecule has 188 valence electrons. The maximum absolute atomic E-state index is 14.8. The number of ether oxygens (including phenoxy) is 1. The first kappa shape index (κ1) is 25.0. The van der Waals surface area contributed by atoms with Crippen LogP contribution in [0.1, 0.15) is 30.0 Å². The number of carbonyl (C=O) groups is 2. The predicted octanol–water partition coefficient (Wildman–Crippen LogP) is 5.67. The van der Waals surface area contributed by atoms with E-state index < -0.39 is 17.2 Å². The maximum Gasteiger partial charge on any atom is 0.262 e. The van der Waals surface area contributed by atoms with E-state index in [-0.39, 0.29) is 18.1 Å². The average molecular weight is 537 g/mol. The number of amides is 2. The second-order valence-corrected chi connectivity index (χ2v) is 10.1. The minimum atomic E-state index is -0.705. The third kappa shape index (κ3) is 5.52. The van der Waals surface area contributed by atoms with Crippen molar-refractivity contribution >= 4 is 51.7 Å². The molecule has 0 radical (unpaired) electrons. The summed E-state index contributed by atoms with van der Waals surface area (Å²) in [5.41, 5.74) is 2.63. The number of halogens is 2. The first-order chi connectivity index (χ1) is 17.9. The fourth-order valence-corrected chi connectivity index (χ4v) is 5.34. The van der Waals surface area contributed by atoms with Gasteiger partial charge < -0.3 is 10.1 Å². The van der Waals surface area contributed by atoms with E-state index >= 15 is 0 Å². The number of hydrogen-bond acceptors (Lipinski definition) is 6. The number of anilines is 1. The molecule has 10 heteroatoms. The number of benzene rings is 3. The van der Waals surface area contributed by atoms with E-state index in [1.807, 2.05) is 24.3 Å². The maximum atomic E-state index is 14.8. The number of carbonyl (C=O) groups excluding carboxylic acids is 2. The number of hydrogen-bond donors (Lipinski definition) is 1. The molecule has 5 rings (SSSR count). The summed E-state index contributed by atoms with van der Waals surface area (Å²) >= 11 is 7.05. The van der Waals surface area contributed by atoms with Crippen molar-refractivity contribution < 1.29 is 18.7 Å². The van der Waals surface area contributed by atoms with Gasteiger partial charge in [-0.1, -0.05) is 41.6 Å². The van der Waals surface area contributed by atoms with E-state index in [4.69, 9.17) is 21.4 Å². The Bertz CT molecular complexity index is 1400. The van der Waals surface area contributed by atoms with Gasteiger partial charge in [0.25, 0.3) is 5.91 Å². The largest absolute Gasteiger partial charge is 0.497 e. The van der Waals surface area contributed by atoms with E-state index in [9.17, 15) is 14.0 Å². The molecule has 37 heavy (non-hydrogen) atoms. The Hall–Kier alpha value is -3.69. The minimum absolute atomic E-state index is 0.0631. The molecule has 2 aliphatic rings. The molecule has 2 atom stereocenters. The van der Waals surface area contributed by atoms with Crippen LogP contribution in [0.4, 0.5) is 10.1 Å². The number of hydrazone groups is 1. The highest BCUT2D eigenvalue weighted by Crippen LogP contribution is 2.39. The first-order valence-electron chi connectivity index (χ1n) is 11.5. The molecule has 2 aliphatic heterocycles. The van der Waals surface area contributed by atoms with E-state index in [1.165, 1.54) is 6.07 Å². The number of methoxy groups -OCH3 is 1. The highest BCUT2D eigenvalue weighted by molar-refractivity contribution is 8.15. The Morgan fingerprint density at radius 1 is 1.14 bits per heavy atom. The van der Waals surface area contributed by atoms with E-state index in [0.29, 0.717) is 33.6 Å². The third-order valence-corrected chi connectivity index (χ3v) is 7.42. The molecule has 0 aliphatic carbocycles. The molecule has 3 aromatic carbocycles. The number of aliphatic imine (C=N–C) groups is 1. The SMILES string of the molecule is COc1ccc(C2=NN(C3=NC(=O)[C@H](CC(=O)Nc4ccc(Cl)cc4)S3)[C@H](c3ccccc3F)C2)cc1. The Balaban J connectivity index is 1.36. The van der Waals surface area contributed by atoms with Gasteiger partial charge >= 0.3 is 0 Å². The fraction of sp³-hybridized carbons (Fsp3) is 0.185. The molecule has 2 amide bonds. The van der Waals surface area contributed by atoms with Gasteiger partial charge in [0.2, 0.25) is 5.91 Å². The monoisotopic (exact) mass is 536 g/mol. The van der Waals surface area contributed by atoms with Gasteiger partial charge in [-0.3, -0.25) is 9.59 Å². The molecule has 2 heterocycles. The van der Waals surface area contributed by atoms with Crippen LogP contribution >= 0.6 is 23.4 Å². The number of rotatable bonds is 6. The Kier molecular flexibility index (Phi) is 7.25. The van der Waals surface area contributed by atoms with Crippen molar-refractivity contribution in [2.45, 2.75) is 24.1 Å². The number of nitrogens with one attached hydrogen (secondary N) is 1. The van der Waals surface area contributed by atoms with Gasteiger partial charge in [-0.05, 0) is 60.2 Å². The lowest BCUT2D eigenvalue weighted by atomic mass is 9.98. The molecule has 0 fully saturated rings. The lowest BCUT2D eigenvalue weighted by molar-refractivity contribution is -0.121. The zero-order valence-electron chi connectivity index (χ0n) is 19.7. The Morgan fingerprint density at radius 3 is 2.57 bits per heavy atom. The van der Waals surface area contributed by atoms with Crippen LogP contribution < -0.4 is 10.1 Å². The summed E-state index contributed by atoms with van der Waals surface area (Å²) in [6, 6.07) is 20.2. The molecule has 0 spiro atoms. The summed E-state index contributed by atoms with van der Waals surface area (Å²) < 4.78 is 20.1. The van der Waals surface area contributed by atoms with Gasteiger partial charge in [0.15, 0.2) is 5.17 Å². The highest BCUT2D eigenvalue weighted by Gasteiger charge is 2.39. The minimum Gasteiger partial charge on any atom is -0.497 e. The standard InChI is InChI=1S/C27H22ClFN4O3S/c1-36-19-12-6-16(7-13-19)22-14-23(20-4-2-3-5-21(20)29)33(32-22)27-31-26(35)24(37-27)15-25(34)30-18-10-8-17(28)9-11-18/h2-13,23-24H,14-15H2,1H3,(H,30,34)/t23-,24-/m0/s1. The van der Waals surface area contributed by atoms with Gasteiger partial charge in [0.1, 0.15) is 16.8 Å². The van der Waals surface area contributed by atoms with Crippen molar-refractivity contribution in [3.05, 3.63) is 94.8 Å². The van der Waals surface area contributed by atoms with Crippen LogP contribution in [-0.4, -0.2) is 40.1 Å². The predicted molar refractivity (Wildman–Crippen MR) is 144 cm³/mol. The third-order valence-electron chi connectivity index (χ3n) is 6.02. The second kappa shape index (κ2) is 10.7. The van der Waals surface area contributed by atoms with Crippen LogP contribution in [0.5, 0.6) is 5.75 Å². The number of thioether (sulfide) groups is 1. The van der Waals surface area contributed by atoms with Crippen LogP contribution in [0.25, 0.3) is 0 Å². The lowest BCUT2D eigenvalue weighted by Crippen LogP contribution is -2.25. The summed E-state index contributed by atoms with van der Waals surface area (Å²) in [7, 11) is 1.59. The van der Waals surface area contributed by atoms with Crippen LogP contribution in [0, 0.1) is 5.82 Å². The van der Waals surface area contributed by atoms with Crippen molar-refractivity contribution in [1.82, 2.24) is 5.01 Å². The van der Waals surface area contributed by atoms with Crippen LogP contribution in [0.15, 0.2) is 82.9 Å². The fourth-order valence-electron chi connectivity index (χ4n) is 4.15. The average Bonchev–Trinajstić information content (AvgIpc) is 3.49. The molecule has 1 N–H and O–H groups in total. The van der Waals surface area contributed by atoms with Gasteiger partial charge in [-0.15, -0.1) is 0 Å². The Morgan fingerprint density at radius 2 is 1.86 bits per heavy atom.